The van der Waals surface area contributed by atoms with Crippen LogP contribution in [0.3, 0.4) is 0 Å². The highest BCUT2D eigenvalue weighted by Crippen LogP contribution is 2.41. The van der Waals surface area contributed by atoms with Crippen LogP contribution in [0, 0.1) is 0 Å². The van der Waals surface area contributed by atoms with Gasteiger partial charge in [0.05, 0.1) is 0 Å². The van der Waals surface area contributed by atoms with E-state index in [0.29, 0.717) is 0 Å². The molecule has 0 aromatic carbocycles. The quantitative estimate of drug-likeness (QED) is 0.854. The summed E-state index contributed by atoms with van der Waals surface area (Å²) in [5, 5.41) is 13.2. The summed E-state index contributed by atoms with van der Waals surface area (Å²) in [4.78, 5) is 11.9. The largest absolute Gasteiger partial charge is 0.444 e. The first-order chi connectivity index (χ1) is 8.65. The highest BCUT2D eigenvalue weighted by molar-refractivity contribution is 9.10. The first-order valence-corrected chi connectivity index (χ1v) is 5.87. The Morgan fingerprint density at radius 3 is 2.68 bits per heavy atom. The minimum Gasteiger partial charge on any atom is -0.444 e. The standard InChI is InChI=1S/C10H8BrF3N2O3/c1-5-4-9(18,10(12,13)14)16(15-5)8(17)6-2-3-7(11)19-6/h2-3,18H,4H2,1H3. The number of alkyl halides is 3. The van der Waals surface area contributed by atoms with Crippen LogP contribution in [0.25, 0.3) is 0 Å². The Bertz CT molecular complexity index is 554. The van der Waals surface area contributed by atoms with Crippen LogP contribution in [-0.2, 0) is 0 Å². The Kier molecular flexibility index (Phi) is 3.21. The Labute approximate surface area is 113 Å². The maximum absolute atomic E-state index is 12.9. The summed E-state index contributed by atoms with van der Waals surface area (Å²) < 4.78 is 43.7. The van der Waals surface area contributed by atoms with Gasteiger partial charge in [0.25, 0.3) is 5.72 Å². The number of carbonyl (C=O) groups excluding carboxylic acids is 1. The average Bonchev–Trinajstić information content (AvgIpc) is 2.81. The van der Waals surface area contributed by atoms with Crippen molar-refractivity contribution in [2.75, 3.05) is 0 Å². The molecule has 1 unspecified atom stereocenters. The van der Waals surface area contributed by atoms with Crippen molar-refractivity contribution >= 4 is 27.5 Å². The molecular weight excluding hydrogens is 333 g/mol. The summed E-state index contributed by atoms with van der Waals surface area (Å²) in [6.07, 6.45) is -5.81. The van der Waals surface area contributed by atoms with E-state index in [0.717, 1.165) is 0 Å². The highest BCUT2D eigenvalue weighted by Gasteiger charge is 2.63. The van der Waals surface area contributed by atoms with Gasteiger partial charge in [-0.1, -0.05) is 0 Å². The summed E-state index contributed by atoms with van der Waals surface area (Å²) in [5.74, 6) is -1.52. The minimum atomic E-state index is -5.02. The second kappa shape index (κ2) is 4.34. The van der Waals surface area contributed by atoms with Gasteiger partial charge in [0.2, 0.25) is 0 Å². The summed E-state index contributed by atoms with van der Waals surface area (Å²) in [5.41, 5.74) is -3.34. The second-order valence-electron chi connectivity index (χ2n) is 4.05. The molecule has 1 aliphatic rings. The van der Waals surface area contributed by atoms with Crippen LogP contribution in [-0.4, -0.2) is 33.6 Å². The predicted octanol–water partition coefficient (Wildman–Crippen LogP) is 2.51. The van der Waals surface area contributed by atoms with E-state index >= 15 is 0 Å². The first-order valence-electron chi connectivity index (χ1n) is 5.08. The van der Waals surface area contributed by atoms with Gasteiger partial charge in [-0.05, 0) is 35.0 Å². The fourth-order valence-corrected chi connectivity index (χ4v) is 1.99. The normalized spacial score (nSPS) is 23.7. The molecule has 1 aromatic rings. The monoisotopic (exact) mass is 340 g/mol. The van der Waals surface area contributed by atoms with Gasteiger partial charge in [-0.25, -0.2) is 0 Å². The van der Waals surface area contributed by atoms with Crippen molar-refractivity contribution in [1.29, 1.82) is 0 Å². The summed E-state index contributed by atoms with van der Waals surface area (Å²) >= 11 is 2.93. The van der Waals surface area contributed by atoms with Crippen LogP contribution in [0.5, 0.6) is 0 Å². The molecule has 9 heteroatoms. The SMILES string of the molecule is CC1=NN(C(=O)c2ccc(Br)o2)C(O)(C(F)(F)F)C1. The van der Waals surface area contributed by atoms with E-state index in [4.69, 9.17) is 4.42 Å². The Balaban J connectivity index is 2.39. The van der Waals surface area contributed by atoms with Crippen molar-refractivity contribution in [1.82, 2.24) is 5.01 Å². The lowest BCUT2D eigenvalue weighted by Crippen LogP contribution is -2.56. The topological polar surface area (TPSA) is 66.0 Å². The van der Waals surface area contributed by atoms with Gasteiger partial charge < -0.3 is 9.52 Å². The van der Waals surface area contributed by atoms with Gasteiger partial charge >= 0.3 is 12.1 Å². The lowest BCUT2D eigenvalue weighted by Gasteiger charge is -2.32. The lowest BCUT2D eigenvalue weighted by atomic mass is 10.1. The number of aliphatic hydroxyl groups is 1. The first kappa shape index (κ1) is 14.1. The molecule has 1 aromatic heterocycles. The van der Waals surface area contributed by atoms with Crippen molar-refractivity contribution in [3.05, 3.63) is 22.6 Å². The van der Waals surface area contributed by atoms with E-state index < -0.39 is 24.2 Å². The molecule has 2 rings (SSSR count). The van der Waals surface area contributed by atoms with Gasteiger partial charge in [-0.15, -0.1) is 0 Å². The number of furan rings is 1. The third-order valence-corrected chi connectivity index (χ3v) is 2.98. The third-order valence-electron chi connectivity index (χ3n) is 2.55. The van der Waals surface area contributed by atoms with Gasteiger partial charge in [0.1, 0.15) is 0 Å². The zero-order valence-electron chi connectivity index (χ0n) is 9.53. The molecule has 0 aliphatic carbocycles. The van der Waals surface area contributed by atoms with Gasteiger partial charge in [-0.2, -0.15) is 23.3 Å². The molecule has 1 amide bonds. The molecule has 1 N–H and O–H groups in total. The zero-order chi connectivity index (χ0) is 14.4. The smallest absolute Gasteiger partial charge is 0.438 e. The lowest BCUT2D eigenvalue weighted by molar-refractivity contribution is -0.297. The Morgan fingerprint density at radius 2 is 2.21 bits per heavy atom. The molecule has 0 spiro atoms. The molecule has 19 heavy (non-hydrogen) atoms. The summed E-state index contributed by atoms with van der Waals surface area (Å²) in [6.45, 7) is 1.29. The number of halogens is 4. The van der Waals surface area contributed by atoms with E-state index in [1.54, 1.807) is 0 Å². The van der Waals surface area contributed by atoms with Crippen molar-refractivity contribution in [3.8, 4) is 0 Å². The Hall–Kier alpha value is -1.35. The van der Waals surface area contributed by atoms with E-state index in [2.05, 4.69) is 21.0 Å². The molecule has 104 valence electrons. The molecule has 2 heterocycles. The van der Waals surface area contributed by atoms with Crippen LogP contribution in [0.2, 0.25) is 0 Å². The van der Waals surface area contributed by atoms with Gasteiger partial charge in [-0.3, -0.25) is 4.79 Å². The average molecular weight is 341 g/mol. The number of nitrogens with zero attached hydrogens (tertiary/aromatic N) is 2. The number of amides is 1. The summed E-state index contributed by atoms with van der Waals surface area (Å²) in [7, 11) is 0. The van der Waals surface area contributed by atoms with Crippen molar-refractivity contribution in [2.45, 2.75) is 25.2 Å². The van der Waals surface area contributed by atoms with Crippen LogP contribution < -0.4 is 0 Å². The third kappa shape index (κ3) is 2.27. The van der Waals surface area contributed by atoms with Gasteiger partial charge in [0.15, 0.2) is 10.4 Å². The summed E-state index contributed by atoms with van der Waals surface area (Å²) in [6, 6.07) is 2.54. The molecule has 0 radical (unpaired) electrons. The number of rotatable bonds is 1. The zero-order valence-corrected chi connectivity index (χ0v) is 11.1. The second-order valence-corrected chi connectivity index (χ2v) is 4.83. The minimum absolute atomic E-state index is 0.00111. The van der Waals surface area contributed by atoms with E-state index in [1.807, 2.05) is 0 Å². The number of hydrogen-bond donors (Lipinski definition) is 1. The van der Waals surface area contributed by atoms with Crippen molar-refractivity contribution < 1.29 is 27.5 Å². The number of hydrazone groups is 1. The maximum Gasteiger partial charge on any atom is 0.438 e. The fraction of sp³-hybridized carbons (Fsp3) is 0.400. The van der Waals surface area contributed by atoms with Crippen molar-refractivity contribution in [2.24, 2.45) is 5.10 Å². The molecule has 0 bridgehead atoms. The number of hydrogen-bond acceptors (Lipinski definition) is 4. The van der Waals surface area contributed by atoms with Gasteiger partial charge in [0, 0.05) is 12.1 Å². The maximum atomic E-state index is 12.9. The fourth-order valence-electron chi connectivity index (χ4n) is 1.69. The van der Waals surface area contributed by atoms with Crippen LogP contribution in [0.4, 0.5) is 13.2 Å². The molecule has 5 nitrogen and oxygen atoms in total. The molecule has 1 atom stereocenters. The van der Waals surface area contributed by atoms with E-state index in [1.165, 1.54) is 19.1 Å². The highest BCUT2D eigenvalue weighted by atomic mass is 79.9. The van der Waals surface area contributed by atoms with Crippen LogP contribution in [0.1, 0.15) is 23.9 Å². The molecule has 0 fully saturated rings. The van der Waals surface area contributed by atoms with E-state index in [9.17, 15) is 23.1 Å². The molecule has 0 saturated carbocycles. The van der Waals surface area contributed by atoms with Crippen LogP contribution in [0.15, 0.2) is 26.3 Å². The predicted molar refractivity (Wildman–Crippen MR) is 61.3 cm³/mol. The van der Waals surface area contributed by atoms with Crippen LogP contribution >= 0.6 is 15.9 Å². The Morgan fingerprint density at radius 1 is 1.58 bits per heavy atom. The van der Waals surface area contributed by atoms with E-state index in [-0.39, 0.29) is 21.2 Å². The van der Waals surface area contributed by atoms with Crippen molar-refractivity contribution in [3.63, 3.8) is 0 Å². The molecule has 1 aliphatic heterocycles. The molecule has 0 saturated heterocycles. The molecular formula is C10H8BrF3N2O3. The number of carbonyl (C=O) groups is 1.